The van der Waals surface area contributed by atoms with Crippen LogP contribution in [0.1, 0.15) is 23.6 Å². The number of aryl methyl sites for hydroxylation is 2. The lowest BCUT2D eigenvalue weighted by molar-refractivity contribution is -0.113. The van der Waals surface area contributed by atoms with Gasteiger partial charge in [-0.1, -0.05) is 23.7 Å². The highest BCUT2D eigenvalue weighted by Gasteiger charge is 2.31. The average Bonchev–Trinajstić information content (AvgIpc) is 2.81. The molecular weight excluding hydrogens is 554 g/mol. The molecule has 0 aromatic heterocycles. The molecule has 0 aliphatic rings. The first-order valence-electron chi connectivity index (χ1n) is 10.7. The average molecular weight is 579 g/mol. The van der Waals surface area contributed by atoms with E-state index < -0.39 is 15.9 Å². The van der Waals surface area contributed by atoms with E-state index in [-0.39, 0.29) is 10.6 Å². The maximum Gasteiger partial charge on any atom is 0.271 e. The van der Waals surface area contributed by atoms with Crippen LogP contribution in [-0.4, -0.2) is 28.0 Å². The van der Waals surface area contributed by atoms with Crippen molar-refractivity contribution in [3.05, 3.63) is 86.9 Å². The van der Waals surface area contributed by atoms with E-state index in [1.807, 2.05) is 19.9 Å². The zero-order chi connectivity index (χ0) is 25.8. The molecule has 184 valence electrons. The number of hydrogen-bond acceptors (Lipinski definition) is 5. The first-order chi connectivity index (χ1) is 16.6. The Morgan fingerprint density at radius 3 is 2.40 bits per heavy atom. The molecule has 0 N–H and O–H groups in total. The van der Waals surface area contributed by atoms with Crippen molar-refractivity contribution in [3.63, 3.8) is 0 Å². The lowest BCUT2D eigenvalue weighted by Gasteiger charge is -2.23. The number of halogens is 2. The molecule has 0 aliphatic carbocycles. The third-order valence-corrected chi connectivity index (χ3v) is 7.66. The molecule has 9 heteroatoms. The van der Waals surface area contributed by atoms with Gasteiger partial charge in [-0.2, -0.15) is 4.31 Å². The SMILES string of the molecule is CCOc1c(Br)cc(/C=C/C(=O)N(c2cc(C)ccc2C)S(=O)(=O)c2ccc(Cl)cc2)cc1OC. The first kappa shape index (κ1) is 26.8. The van der Waals surface area contributed by atoms with Crippen molar-refractivity contribution in [2.24, 2.45) is 0 Å². The summed E-state index contributed by atoms with van der Waals surface area (Å²) in [4.78, 5) is 13.4. The molecule has 0 unspecified atom stereocenters. The van der Waals surface area contributed by atoms with Gasteiger partial charge < -0.3 is 9.47 Å². The second-order valence-electron chi connectivity index (χ2n) is 7.65. The molecule has 0 fully saturated rings. The second kappa shape index (κ2) is 11.3. The van der Waals surface area contributed by atoms with Gasteiger partial charge in [0.15, 0.2) is 11.5 Å². The van der Waals surface area contributed by atoms with Gasteiger partial charge in [0, 0.05) is 11.1 Å². The molecule has 3 aromatic carbocycles. The molecule has 35 heavy (non-hydrogen) atoms. The van der Waals surface area contributed by atoms with Crippen molar-refractivity contribution in [1.29, 1.82) is 0 Å². The summed E-state index contributed by atoms with van der Waals surface area (Å²) in [6.45, 7) is 5.90. The Morgan fingerprint density at radius 2 is 1.77 bits per heavy atom. The van der Waals surface area contributed by atoms with E-state index in [4.69, 9.17) is 21.1 Å². The Morgan fingerprint density at radius 1 is 1.09 bits per heavy atom. The van der Waals surface area contributed by atoms with E-state index in [1.165, 1.54) is 43.5 Å². The molecule has 6 nitrogen and oxygen atoms in total. The van der Waals surface area contributed by atoms with Crippen molar-refractivity contribution in [1.82, 2.24) is 0 Å². The molecule has 0 saturated heterocycles. The van der Waals surface area contributed by atoms with E-state index >= 15 is 0 Å². The van der Waals surface area contributed by atoms with Gasteiger partial charge >= 0.3 is 0 Å². The van der Waals surface area contributed by atoms with Gasteiger partial charge in [0.05, 0.1) is 28.8 Å². The van der Waals surface area contributed by atoms with Crippen LogP contribution in [0.2, 0.25) is 5.02 Å². The highest BCUT2D eigenvalue weighted by molar-refractivity contribution is 9.10. The van der Waals surface area contributed by atoms with Gasteiger partial charge in [-0.25, -0.2) is 8.42 Å². The van der Waals surface area contributed by atoms with Crippen molar-refractivity contribution in [3.8, 4) is 11.5 Å². The number of nitrogens with zero attached hydrogens (tertiary/aromatic N) is 1. The summed E-state index contributed by atoms with van der Waals surface area (Å²) in [7, 11) is -2.71. The fourth-order valence-corrected chi connectivity index (χ4v) is 5.52. The largest absolute Gasteiger partial charge is 0.493 e. The zero-order valence-electron chi connectivity index (χ0n) is 19.7. The van der Waals surface area contributed by atoms with Gasteiger partial charge in [0.25, 0.3) is 15.9 Å². The minimum atomic E-state index is -4.23. The molecule has 0 saturated carbocycles. The number of hydrogen-bond donors (Lipinski definition) is 0. The molecule has 3 aromatic rings. The number of rotatable bonds is 8. The monoisotopic (exact) mass is 577 g/mol. The van der Waals surface area contributed by atoms with Crippen LogP contribution in [-0.2, 0) is 14.8 Å². The summed E-state index contributed by atoms with van der Waals surface area (Å²) in [6, 6.07) is 14.5. The molecule has 0 heterocycles. The van der Waals surface area contributed by atoms with Crippen molar-refractivity contribution in [2.45, 2.75) is 25.7 Å². The molecule has 0 spiro atoms. The van der Waals surface area contributed by atoms with E-state index in [9.17, 15) is 13.2 Å². The van der Waals surface area contributed by atoms with Gasteiger partial charge in [-0.3, -0.25) is 4.79 Å². The maximum atomic E-state index is 13.6. The minimum absolute atomic E-state index is 0.0463. The Hall–Kier alpha value is -2.81. The quantitative estimate of drug-likeness (QED) is 0.283. The number of benzene rings is 3. The number of methoxy groups -OCH3 is 1. The molecule has 0 radical (unpaired) electrons. The fourth-order valence-electron chi connectivity index (χ4n) is 3.37. The number of anilines is 1. The van der Waals surface area contributed by atoms with Crippen LogP contribution < -0.4 is 13.8 Å². The Labute approximate surface area is 219 Å². The smallest absolute Gasteiger partial charge is 0.271 e. The number of sulfonamides is 1. The summed E-state index contributed by atoms with van der Waals surface area (Å²) < 4.78 is 39.7. The third-order valence-electron chi connectivity index (χ3n) is 5.09. The fraction of sp³-hybridized carbons (Fsp3) is 0.192. The summed E-state index contributed by atoms with van der Waals surface area (Å²) in [5, 5.41) is 0.392. The lowest BCUT2D eigenvalue weighted by atomic mass is 10.1. The Balaban J connectivity index is 2.08. The zero-order valence-corrected chi connectivity index (χ0v) is 22.9. The van der Waals surface area contributed by atoms with Crippen LogP contribution in [0, 0.1) is 13.8 Å². The van der Waals surface area contributed by atoms with Crippen LogP contribution in [0.3, 0.4) is 0 Å². The molecule has 3 rings (SSSR count). The van der Waals surface area contributed by atoms with Gasteiger partial charge in [0.2, 0.25) is 0 Å². The summed E-state index contributed by atoms with van der Waals surface area (Å²) in [6.07, 6.45) is 2.75. The van der Waals surface area contributed by atoms with Crippen molar-refractivity contribution < 1.29 is 22.7 Å². The summed E-state index contributed by atoms with van der Waals surface area (Å²) in [5.74, 6) is 0.298. The summed E-state index contributed by atoms with van der Waals surface area (Å²) in [5.41, 5.74) is 2.36. The number of carbonyl (C=O) groups is 1. The predicted octanol–water partition coefficient (Wildman–Crippen LogP) is 6.56. The lowest BCUT2D eigenvalue weighted by Crippen LogP contribution is -2.36. The predicted molar refractivity (Wildman–Crippen MR) is 143 cm³/mol. The van der Waals surface area contributed by atoms with Gasteiger partial charge in [-0.15, -0.1) is 0 Å². The molecule has 1 amide bonds. The minimum Gasteiger partial charge on any atom is -0.493 e. The molecule has 0 atom stereocenters. The Bertz CT molecular complexity index is 1370. The standard InChI is InChI=1S/C26H25BrClNO5S/c1-5-34-26-22(27)15-19(16-24(26)33-4)8-13-25(30)29(23-14-17(2)6-7-18(23)3)35(31,32)21-11-9-20(28)10-12-21/h6-16H,5H2,1-4H3/b13-8+. The van der Waals surface area contributed by atoms with E-state index in [0.29, 0.717) is 38.7 Å². The second-order valence-corrected chi connectivity index (χ2v) is 10.7. The highest BCUT2D eigenvalue weighted by Crippen LogP contribution is 2.37. The Kier molecular flexibility index (Phi) is 8.64. The molecular formula is C26H25BrClNO5S. The topological polar surface area (TPSA) is 72.9 Å². The van der Waals surface area contributed by atoms with Crippen LogP contribution in [0.5, 0.6) is 11.5 Å². The van der Waals surface area contributed by atoms with Crippen molar-refractivity contribution >= 4 is 55.2 Å². The highest BCUT2D eigenvalue weighted by atomic mass is 79.9. The molecule has 0 aliphatic heterocycles. The van der Waals surface area contributed by atoms with Gasteiger partial charge in [0.1, 0.15) is 0 Å². The maximum absolute atomic E-state index is 13.6. The number of carbonyl (C=O) groups excluding carboxylic acids is 1. The number of amides is 1. The van der Waals surface area contributed by atoms with Gasteiger partial charge in [-0.05, 0) is 102 Å². The van der Waals surface area contributed by atoms with Crippen LogP contribution in [0.25, 0.3) is 6.08 Å². The normalized spacial score (nSPS) is 11.5. The summed E-state index contributed by atoms with van der Waals surface area (Å²) >= 11 is 9.40. The van der Waals surface area contributed by atoms with Crippen LogP contribution in [0.15, 0.2) is 70.0 Å². The van der Waals surface area contributed by atoms with E-state index in [1.54, 1.807) is 31.2 Å². The van der Waals surface area contributed by atoms with Crippen molar-refractivity contribution in [2.75, 3.05) is 18.0 Å². The first-order valence-corrected chi connectivity index (χ1v) is 13.3. The van der Waals surface area contributed by atoms with E-state index in [2.05, 4.69) is 15.9 Å². The third kappa shape index (κ3) is 6.07. The van der Waals surface area contributed by atoms with Crippen LogP contribution >= 0.6 is 27.5 Å². The van der Waals surface area contributed by atoms with Crippen LogP contribution in [0.4, 0.5) is 5.69 Å². The number of ether oxygens (including phenoxy) is 2. The van der Waals surface area contributed by atoms with E-state index in [0.717, 1.165) is 9.87 Å². The molecule has 0 bridgehead atoms.